The minimum atomic E-state index is -0.609. The first-order valence-electron chi connectivity index (χ1n) is 2.81. The summed E-state index contributed by atoms with van der Waals surface area (Å²) in [5.41, 5.74) is 0. The van der Waals surface area contributed by atoms with E-state index in [-0.39, 0.29) is 12.6 Å². The molecule has 1 aliphatic heterocycles. The first-order chi connectivity index (χ1) is 4.61. The molecule has 1 aliphatic rings. The molecule has 3 amide bonds. The van der Waals surface area contributed by atoms with Crippen LogP contribution in [0.15, 0.2) is 0 Å². The molecule has 1 fully saturated rings. The van der Waals surface area contributed by atoms with E-state index in [2.05, 4.69) is 5.32 Å². The number of urea groups is 1. The highest BCUT2D eigenvalue weighted by atomic mass is 35.5. The van der Waals surface area contributed by atoms with Gasteiger partial charge in [0.15, 0.2) is 0 Å². The van der Waals surface area contributed by atoms with Crippen molar-refractivity contribution < 1.29 is 9.59 Å². The van der Waals surface area contributed by atoms with Crippen LogP contribution in [0.1, 0.15) is 0 Å². The fraction of sp³-hybridized carbons (Fsp3) is 0.600. The zero-order chi connectivity index (χ0) is 7.72. The van der Waals surface area contributed by atoms with E-state index in [1.165, 1.54) is 4.90 Å². The van der Waals surface area contributed by atoms with Crippen LogP contribution in [0, 0.1) is 0 Å². The molecule has 1 atom stereocenters. The Balaban J connectivity index is 2.63. The second kappa shape index (κ2) is 2.46. The van der Waals surface area contributed by atoms with E-state index in [0.717, 1.165) is 0 Å². The van der Waals surface area contributed by atoms with Crippen molar-refractivity contribution in [1.29, 1.82) is 0 Å². The summed E-state index contributed by atoms with van der Waals surface area (Å²) in [5, 5.41) is 1.49. The van der Waals surface area contributed by atoms with Crippen LogP contribution in [0.2, 0.25) is 0 Å². The van der Waals surface area contributed by atoms with Gasteiger partial charge < -0.3 is 4.90 Å². The molecule has 5 heteroatoms. The van der Waals surface area contributed by atoms with Gasteiger partial charge in [0.05, 0.1) is 0 Å². The van der Waals surface area contributed by atoms with Crippen molar-refractivity contribution in [3.05, 3.63) is 0 Å². The van der Waals surface area contributed by atoms with E-state index in [1.807, 2.05) is 0 Å². The third-order valence-electron chi connectivity index (χ3n) is 1.30. The summed E-state index contributed by atoms with van der Waals surface area (Å²) in [7, 11) is 1.58. The fourth-order valence-electron chi connectivity index (χ4n) is 0.685. The Morgan fingerprint density at radius 2 is 2.30 bits per heavy atom. The molecule has 0 aliphatic carbocycles. The number of alkyl halides is 1. The average molecular weight is 163 g/mol. The highest BCUT2D eigenvalue weighted by Crippen LogP contribution is 2.03. The van der Waals surface area contributed by atoms with Gasteiger partial charge in [-0.1, -0.05) is 0 Å². The first-order valence-corrected chi connectivity index (χ1v) is 3.25. The molecule has 1 rings (SSSR count). The first kappa shape index (κ1) is 7.34. The highest BCUT2D eigenvalue weighted by Gasteiger charge is 2.27. The topological polar surface area (TPSA) is 49.4 Å². The Kier molecular flexibility index (Phi) is 1.80. The van der Waals surface area contributed by atoms with E-state index in [4.69, 9.17) is 11.6 Å². The molecule has 1 unspecified atom stereocenters. The number of hydrogen-bond donors (Lipinski definition) is 1. The molecular weight excluding hydrogens is 156 g/mol. The lowest BCUT2D eigenvalue weighted by Gasteiger charge is -2.25. The Bertz CT molecular complexity index is 164. The Morgan fingerprint density at radius 3 is 2.80 bits per heavy atom. The van der Waals surface area contributed by atoms with Crippen LogP contribution in [0.4, 0.5) is 4.79 Å². The molecule has 0 bridgehead atoms. The maximum absolute atomic E-state index is 10.7. The van der Waals surface area contributed by atoms with Crippen molar-refractivity contribution in [3.8, 4) is 0 Å². The SMILES string of the molecule is CN1CC(Cl)C(=O)NC1=O. The highest BCUT2D eigenvalue weighted by molar-refractivity contribution is 6.32. The van der Waals surface area contributed by atoms with Crippen molar-refractivity contribution in [1.82, 2.24) is 10.2 Å². The van der Waals surface area contributed by atoms with Crippen molar-refractivity contribution in [2.24, 2.45) is 0 Å². The second-order valence-electron chi connectivity index (χ2n) is 2.14. The van der Waals surface area contributed by atoms with Gasteiger partial charge in [-0.05, 0) is 0 Å². The number of carbonyl (C=O) groups excluding carboxylic acids is 2. The number of nitrogens with one attached hydrogen (secondary N) is 1. The smallest absolute Gasteiger partial charge is 0.323 e. The van der Waals surface area contributed by atoms with Crippen molar-refractivity contribution in [3.63, 3.8) is 0 Å². The predicted octanol–water partition coefficient (Wildman–Crippen LogP) is -0.225. The summed E-state index contributed by atoms with van der Waals surface area (Å²) in [6.07, 6.45) is 0. The number of amides is 3. The van der Waals surface area contributed by atoms with Gasteiger partial charge in [-0.3, -0.25) is 10.1 Å². The predicted molar refractivity (Wildman–Crippen MR) is 35.8 cm³/mol. The summed E-state index contributed by atoms with van der Waals surface area (Å²) in [5.74, 6) is -0.412. The lowest BCUT2D eigenvalue weighted by molar-refractivity contribution is -0.121. The molecule has 56 valence electrons. The lowest BCUT2D eigenvalue weighted by Crippen LogP contribution is -2.53. The fourth-order valence-corrected chi connectivity index (χ4v) is 0.947. The van der Waals surface area contributed by atoms with Gasteiger partial charge in [-0.25, -0.2) is 4.79 Å². The van der Waals surface area contributed by atoms with E-state index in [1.54, 1.807) is 7.05 Å². The van der Waals surface area contributed by atoms with Gasteiger partial charge in [0.2, 0.25) is 5.91 Å². The van der Waals surface area contributed by atoms with E-state index in [0.29, 0.717) is 0 Å². The number of nitrogens with zero attached hydrogens (tertiary/aromatic N) is 1. The van der Waals surface area contributed by atoms with E-state index in [9.17, 15) is 9.59 Å². The maximum Gasteiger partial charge on any atom is 0.323 e. The Hall–Kier alpha value is -0.770. The number of halogens is 1. The average Bonchev–Trinajstić information content (AvgIpc) is 1.84. The van der Waals surface area contributed by atoms with Crippen molar-refractivity contribution in [2.45, 2.75) is 5.38 Å². The van der Waals surface area contributed by atoms with Crippen LogP contribution in [0.3, 0.4) is 0 Å². The zero-order valence-corrected chi connectivity index (χ0v) is 6.18. The van der Waals surface area contributed by atoms with E-state index < -0.39 is 11.3 Å². The normalized spacial score (nSPS) is 26.6. The quantitative estimate of drug-likeness (QED) is 0.501. The second-order valence-corrected chi connectivity index (χ2v) is 2.67. The minimum absolute atomic E-state index is 0.284. The number of imide groups is 1. The van der Waals surface area contributed by atoms with Crippen LogP contribution >= 0.6 is 11.6 Å². The minimum Gasteiger partial charge on any atom is -0.326 e. The maximum atomic E-state index is 10.7. The molecule has 1 heterocycles. The molecular formula is C5H7ClN2O2. The summed E-state index contributed by atoms with van der Waals surface area (Å²) >= 11 is 5.52. The van der Waals surface area contributed by atoms with Crippen molar-refractivity contribution in [2.75, 3.05) is 13.6 Å². The Morgan fingerprint density at radius 1 is 1.70 bits per heavy atom. The molecule has 1 N–H and O–H groups in total. The molecule has 4 nitrogen and oxygen atoms in total. The molecule has 0 radical (unpaired) electrons. The number of carbonyl (C=O) groups is 2. The molecule has 0 aromatic carbocycles. The van der Waals surface area contributed by atoms with Gasteiger partial charge >= 0.3 is 6.03 Å². The third kappa shape index (κ3) is 1.21. The monoisotopic (exact) mass is 162 g/mol. The van der Waals surface area contributed by atoms with Crippen LogP contribution in [-0.2, 0) is 4.79 Å². The van der Waals surface area contributed by atoms with Gasteiger partial charge in [0, 0.05) is 13.6 Å². The van der Waals surface area contributed by atoms with Crippen molar-refractivity contribution >= 4 is 23.5 Å². The lowest BCUT2D eigenvalue weighted by atomic mass is 10.3. The largest absolute Gasteiger partial charge is 0.326 e. The molecule has 0 aromatic rings. The standard InChI is InChI=1S/C5H7ClN2O2/c1-8-2-3(6)4(9)7-5(8)10/h3H,2H2,1H3,(H,7,9,10). The summed E-state index contributed by atoms with van der Waals surface area (Å²) < 4.78 is 0. The molecule has 0 spiro atoms. The van der Waals surface area contributed by atoms with Crippen LogP contribution in [0.25, 0.3) is 0 Å². The van der Waals surface area contributed by atoms with E-state index >= 15 is 0 Å². The molecule has 10 heavy (non-hydrogen) atoms. The van der Waals surface area contributed by atoms with Gasteiger partial charge in [-0.2, -0.15) is 0 Å². The van der Waals surface area contributed by atoms with Crippen LogP contribution in [-0.4, -0.2) is 35.8 Å². The third-order valence-corrected chi connectivity index (χ3v) is 1.63. The van der Waals surface area contributed by atoms with Gasteiger partial charge in [0.1, 0.15) is 5.38 Å². The summed E-state index contributed by atoms with van der Waals surface area (Å²) in [6.45, 7) is 0.284. The van der Waals surface area contributed by atoms with Gasteiger partial charge in [-0.15, -0.1) is 11.6 Å². The molecule has 1 saturated heterocycles. The number of hydrogen-bond acceptors (Lipinski definition) is 2. The zero-order valence-electron chi connectivity index (χ0n) is 5.43. The van der Waals surface area contributed by atoms with Crippen LogP contribution in [0.5, 0.6) is 0 Å². The number of rotatable bonds is 0. The Labute approximate surface area is 63.1 Å². The summed E-state index contributed by atoms with van der Waals surface area (Å²) in [6, 6.07) is -0.387. The van der Waals surface area contributed by atoms with Crippen LogP contribution < -0.4 is 5.32 Å². The molecule has 0 aromatic heterocycles. The van der Waals surface area contributed by atoms with Gasteiger partial charge in [0.25, 0.3) is 0 Å². The summed E-state index contributed by atoms with van der Waals surface area (Å²) in [4.78, 5) is 22.7. The molecule has 0 saturated carbocycles.